The molecule has 3 aliphatic carbocycles. The first-order valence-electron chi connectivity index (χ1n) is 10.5. The summed E-state index contributed by atoms with van der Waals surface area (Å²) in [6.45, 7) is 10.8. The summed E-state index contributed by atoms with van der Waals surface area (Å²) in [7, 11) is 0. The average molecular weight is 389 g/mol. The Morgan fingerprint density at radius 3 is 2.79 bits per heavy atom. The molecule has 4 atom stereocenters. The molecule has 156 valence electrons. The van der Waals surface area contributed by atoms with Gasteiger partial charge >= 0.3 is 0 Å². The molecule has 3 rings (SSSR count). The Hall–Kier alpha value is -1.20. The van der Waals surface area contributed by atoms with E-state index in [-0.39, 0.29) is 5.41 Å². The maximum atomic E-state index is 10.1. The van der Waals surface area contributed by atoms with Gasteiger partial charge in [-0.15, -0.1) is 0 Å². The zero-order valence-electron chi connectivity index (χ0n) is 17.6. The van der Waals surface area contributed by atoms with Crippen LogP contribution in [-0.4, -0.2) is 46.3 Å². The summed E-state index contributed by atoms with van der Waals surface area (Å²) in [6, 6.07) is 0. The highest BCUT2D eigenvalue weighted by Gasteiger charge is 2.44. The molecule has 28 heavy (non-hydrogen) atoms. The first kappa shape index (κ1) is 21.5. The van der Waals surface area contributed by atoms with Crippen LogP contribution in [0.2, 0.25) is 0 Å². The molecule has 2 saturated carbocycles. The van der Waals surface area contributed by atoms with E-state index in [4.69, 9.17) is 4.74 Å². The monoisotopic (exact) mass is 388 g/mol. The van der Waals surface area contributed by atoms with Crippen molar-refractivity contribution >= 4 is 0 Å². The second-order valence-electron chi connectivity index (χ2n) is 9.66. The Bertz CT molecular complexity index is 694. The number of aliphatic hydroxyl groups excluding tert-OH is 2. The van der Waals surface area contributed by atoms with Crippen molar-refractivity contribution in [2.24, 2.45) is 11.3 Å². The Balaban J connectivity index is 1.71. The Kier molecular flexibility index (Phi) is 6.35. The first-order chi connectivity index (χ1) is 13.1. The van der Waals surface area contributed by atoms with Gasteiger partial charge in [-0.2, -0.15) is 0 Å². The van der Waals surface area contributed by atoms with Crippen LogP contribution in [0.1, 0.15) is 59.3 Å². The third kappa shape index (κ3) is 4.68. The van der Waals surface area contributed by atoms with Crippen LogP contribution in [-0.2, 0) is 4.74 Å². The molecule has 3 aliphatic rings. The summed E-state index contributed by atoms with van der Waals surface area (Å²) in [5.74, 6) is 0.477. The van der Waals surface area contributed by atoms with Crippen molar-refractivity contribution in [3.05, 3.63) is 47.1 Å². The summed E-state index contributed by atoms with van der Waals surface area (Å²) in [6.07, 6.45) is 10.8. The molecule has 0 aromatic heterocycles. The van der Waals surface area contributed by atoms with Gasteiger partial charge in [0.05, 0.1) is 31.0 Å². The molecule has 4 nitrogen and oxygen atoms in total. The Morgan fingerprint density at radius 1 is 1.32 bits per heavy atom. The van der Waals surface area contributed by atoms with Gasteiger partial charge in [0.1, 0.15) is 0 Å². The van der Waals surface area contributed by atoms with E-state index in [2.05, 4.69) is 31.7 Å². The van der Waals surface area contributed by atoms with Gasteiger partial charge in [-0.1, -0.05) is 37.3 Å². The third-order valence-electron chi connectivity index (χ3n) is 6.69. The van der Waals surface area contributed by atoms with E-state index in [9.17, 15) is 15.3 Å². The molecular weight excluding hydrogens is 352 g/mol. The summed E-state index contributed by atoms with van der Waals surface area (Å²) in [5, 5.41) is 29.9. The maximum absolute atomic E-state index is 10.1. The number of aliphatic hydroxyl groups is 3. The van der Waals surface area contributed by atoms with E-state index in [0.717, 1.165) is 36.8 Å². The summed E-state index contributed by atoms with van der Waals surface area (Å²) in [5.41, 5.74) is 3.81. The molecular formula is C24H36O4. The second-order valence-corrected chi connectivity index (χ2v) is 9.66. The van der Waals surface area contributed by atoms with E-state index >= 15 is 0 Å². The SMILES string of the molecule is C=C1C(=CC=C2CCC[C@]3(C)C(COCC(C)(C)O)=CC[C@@H]23)C[C@@H](O)C[C@@H]1O. The van der Waals surface area contributed by atoms with Gasteiger partial charge in [0, 0.05) is 6.42 Å². The molecule has 0 amide bonds. The fraction of sp³-hybridized carbons (Fsp3) is 0.667. The van der Waals surface area contributed by atoms with E-state index in [1.807, 2.05) is 0 Å². The first-order valence-corrected chi connectivity index (χ1v) is 10.5. The molecule has 0 aliphatic heterocycles. The molecule has 0 aromatic carbocycles. The van der Waals surface area contributed by atoms with Gasteiger partial charge in [-0.05, 0) is 74.0 Å². The minimum Gasteiger partial charge on any atom is -0.393 e. The van der Waals surface area contributed by atoms with Gasteiger partial charge in [-0.25, -0.2) is 0 Å². The largest absolute Gasteiger partial charge is 0.393 e. The predicted molar refractivity (Wildman–Crippen MR) is 112 cm³/mol. The quantitative estimate of drug-likeness (QED) is 0.626. The topological polar surface area (TPSA) is 69.9 Å². The maximum Gasteiger partial charge on any atom is 0.0824 e. The standard InChI is InChI=1S/C24H36O4/c1-16-18(12-20(25)13-22(16)26)8-7-17-6-5-11-24(4)19(9-10-21(17)24)14-28-15-23(2,3)27/h7-9,20-22,25-27H,1,5-6,10-15H2,2-4H3/t20-,21+,22+,24-/m1/s1. The van der Waals surface area contributed by atoms with Crippen LogP contribution in [0.15, 0.2) is 47.1 Å². The fourth-order valence-electron chi connectivity index (χ4n) is 5.01. The van der Waals surface area contributed by atoms with Crippen molar-refractivity contribution < 1.29 is 20.1 Å². The lowest BCUT2D eigenvalue weighted by Crippen LogP contribution is -2.33. The van der Waals surface area contributed by atoms with Crippen LogP contribution in [0, 0.1) is 11.3 Å². The summed E-state index contributed by atoms with van der Waals surface area (Å²) < 4.78 is 5.81. The summed E-state index contributed by atoms with van der Waals surface area (Å²) >= 11 is 0. The molecule has 0 radical (unpaired) electrons. The van der Waals surface area contributed by atoms with Gasteiger partial charge in [0.15, 0.2) is 0 Å². The minimum atomic E-state index is -0.805. The fourth-order valence-corrected chi connectivity index (χ4v) is 5.01. The summed E-state index contributed by atoms with van der Waals surface area (Å²) in [4.78, 5) is 0. The molecule has 0 spiro atoms. The van der Waals surface area contributed by atoms with Crippen LogP contribution in [0.5, 0.6) is 0 Å². The van der Waals surface area contributed by atoms with Crippen molar-refractivity contribution in [2.75, 3.05) is 13.2 Å². The van der Waals surface area contributed by atoms with E-state index in [1.54, 1.807) is 13.8 Å². The molecule has 0 aromatic rings. The third-order valence-corrected chi connectivity index (χ3v) is 6.69. The zero-order chi connectivity index (χ0) is 20.5. The smallest absolute Gasteiger partial charge is 0.0824 e. The van der Waals surface area contributed by atoms with Gasteiger partial charge in [0.2, 0.25) is 0 Å². The zero-order valence-corrected chi connectivity index (χ0v) is 17.6. The Morgan fingerprint density at radius 2 is 2.07 bits per heavy atom. The molecule has 0 saturated heterocycles. The van der Waals surface area contributed by atoms with Crippen molar-refractivity contribution in [1.29, 1.82) is 0 Å². The molecule has 0 bridgehead atoms. The number of hydrogen-bond acceptors (Lipinski definition) is 4. The lowest BCUT2D eigenvalue weighted by molar-refractivity contribution is -0.0178. The predicted octanol–water partition coefficient (Wildman–Crippen LogP) is 3.84. The number of ether oxygens (including phenoxy) is 1. The Labute approximate surface area is 169 Å². The van der Waals surface area contributed by atoms with Crippen LogP contribution in [0.4, 0.5) is 0 Å². The van der Waals surface area contributed by atoms with Crippen molar-refractivity contribution in [1.82, 2.24) is 0 Å². The highest BCUT2D eigenvalue weighted by Crippen LogP contribution is 2.54. The molecule has 4 heteroatoms. The number of rotatable bonds is 5. The van der Waals surface area contributed by atoms with Crippen molar-refractivity contribution in [2.45, 2.75) is 77.1 Å². The van der Waals surface area contributed by atoms with Crippen LogP contribution in [0.25, 0.3) is 0 Å². The van der Waals surface area contributed by atoms with E-state index < -0.39 is 17.8 Å². The molecule has 3 N–H and O–H groups in total. The van der Waals surface area contributed by atoms with Crippen molar-refractivity contribution in [3.63, 3.8) is 0 Å². The molecule has 0 heterocycles. The lowest BCUT2D eigenvalue weighted by atomic mass is 9.64. The molecule has 2 fully saturated rings. The second kappa shape index (κ2) is 8.27. The van der Waals surface area contributed by atoms with E-state index in [0.29, 0.717) is 32.0 Å². The van der Waals surface area contributed by atoms with Gasteiger partial charge in [0.25, 0.3) is 0 Å². The number of hydrogen-bond donors (Lipinski definition) is 3. The number of fused-ring (bicyclic) bond motifs is 1. The molecule has 0 unspecified atom stereocenters. The lowest BCUT2D eigenvalue weighted by Gasteiger charge is -2.41. The number of allylic oxidation sites excluding steroid dienone is 4. The van der Waals surface area contributed by atoms with Gasteiger partial charge < -0.3 is 20.1 Å². The van der Waals surface area contributed by atoms with Gasteiger partial charge in [-0.3, -0.25) is 0 Å². The van der Waals surface area contributed by atoms with Crippen LogP contribution in [0.3, 0.4) is 0 Å². The highest BCUT2D eigenvalue weighted by molar-refractivity contribution is 5.40. The highest BCUT2D eigenvalue weighted by atomic mass is 16.5. The normalized spacial score (nSPS) is 36.7. The van der Waals surface area contributed by atoms with Crippen LogP contribution < -0.4 is 0 Å². The van der Waals surface area contributed by atoms with Crippen molar-refractivity contribution in [3.8, 4) is 0 Å². The minimum absolute atomic E-state index is 0.116. The van der Waals surface area contributed by atoms with E-state index in [1.165, 1.54) is 11.1 Å². The van der Waals surface area contributed by atoms with Crippen LogP contribution >= 0.6 is 0 Å². The average Bonchev–Trinajstić information content (AvgIpc) is 2.93.